The smallest absolute Gasteiger partial charge is 0.191 e. The van der Waals surface area contributed by atoms with Crippen LogP contribution in [0.5, 0.6) is 0 Å². The standard InChI is InChI=1S/C18H25BrN4OS/c1-2-20-18(21-12-14-7-8-17(19)25-14)22-13-15(16-6-5-11-24-16)23-9-3-4-10-23/h5-8,11,15H,2-4,9-10,12-13H2,1H3,(H2,20,21,22). The maximum atomic E-state index is 5.69. The second-order valence-corrected chi connectivity index (χ2v) is 8.60. The number of aliphatic imine (C=N–C) groups is 1. The van der Waals surface area contributed by atoms with Crippen LogP contribution < -0.4 is 10.6 Å². The highest BCUT2D eigenvalue weighted by atomic mass is 79.9. The SMILES string of the molecule is CCNC(=NCc1ccc(Br)s1)NCC(c1ccco1)N1CCCC1. The number of furan rings is 1. The molecule has 5 nitrogen and oxygen atoms in total. The Bertz CT molecular complexity index is 664. The van der Waals surface area contributed by atoms with Gasteiger partial charge in [0, 0.05) is 18.0 Å². The van der Waals surface area contributed by atoms with E-state index >= 15 is 0 Å². The van der Waals surface area contributed by atoms with Crippen molar-refractivity contribution in [2.45, 2.75) is 32.4 Å². The van der Waals surface area contributed by atoms with Crippen molar-refractivity contribution in [3.8, 4) is 0 Å². The summed E-state index contributed by atoms with van der Waals surface area (Å²) in [5.74, 6) is 1.87. The van der Waals surface area contributed by atoms with Gasteiger partial charge in [0.05, 0.1) is 22.6 Å². The van der Waals surface area contributed by atoms with Gasteiger partial charge in [0.2, 0.25) is 0 Å². The topological polar surface area (TPSA) is 52.8 Å². The minimum atomic E-state index is 0.247. The number of halogens is 1. The highest BCUT2D eigenvalue weighted by molar-refractivity contribution is 9.11. The number of guanidine groups is 1. The van der Waals surface area contributed by atoms with E-state index in [1.807, 2.05) is 6.07 Å². The van der Waals surface area contributed by atoms with Gasteiger partial charge in [-0.15, -0.1) is 11.3 Å². The first-order valence-electron chi connectivity index (χ1n) is 8.80. The second kappa shape index (κ2) is 9.40. The predicted molar refractivity (Wildman–Crippen MR) is 107 cm³/mol. The van der Waals surface area contributed by atoms with E-state index in [1.54, 1.807) is 17.6 Å². The Morgan fingerprint density at radius 2 is 2.16 bits per heavy atom. The number of hydrogen-bond acceptors (Lipinski definition) is 4. The number of nitrogens with zero attached hydrogens (tertiary/aromatic N) is 2. The molecule has 7 heteroatoms. The zero-order valence-electron chi connectivity index (χ0n) is 14.5. The number of rotatable bonds is 7. The van der Waals surface area contributed by atoms with Crippen molar-refractivity contribution in [1.82, 2.24) is 15.5 Å². The first-order chi connectivity index (χ1) is 12.3. The lowest BCUT2D eigenvalue weighted by molar-refractivity contribution is 0.215. The van der Waals surface area contributed by atoms with E-state index < -0.39 is 0 Å². The molecule has 25 heavy (non-hydrogen) atoms. The number of nitrogens with one attached hydrogen (secondary N) is 2. The second-order valence-electron chi connectivity index (χ2n) is 6.06. The molecule has 1 saturated heterocycles. The van der Waals surface area contributed by atoms with Crippen LogP contribution in [0, 0.1) is 0 Å². The Balaban J connectivity index is 1.63. The number of thiophene rings is 1. The summed E-state index contributed by atoms with van der Waals surface area (Å²) in [6.45, 7) is 6.65. The average molecular weight is 425 g/mol. The fourth-order valence-corrected chi connectivity index (χ4v) is 4.48. The van der Waals surface area contributed by atoms with Crippen LogP contribution in [-0.4, -0.2) is 37.0 Å². The number of likely N-dealkylation sites (tertiary alicyclic amines) is 1. The minimum Gasteiger partial charge on any atom is -0.468 e. The molecule has 1 aliphatic heterocycles. The molecule has 1 unspecified atom stereocenters. The van der Waals surface area contributed by atoms with Crippen LogP contribution in [0.1, 0.15) is 36.4 Å². The van der Waals surface area contributed by atoms with Gasteiger partial charge in [0.25, 0.3) is 0 Å². The lowest BCUT2D eigenvalue weighted by atomic mass is 10.2. The Morgan fingerprint density at radius 3 is 2.80 bits per heavy atom. The van der Waals surface area contributed by atoms with Gasteiger partial charge in [-0.25, -0.2) is 4.99 Å². The van der Waals surface area contributed by atoms with E-state index in [1.165, 1.54) is 17.7 Å². The largest absolute Gasteiger partial charge is 0.468 e. The summed E-state index contributed by atoms with van der Waals surface area (Å²) in [7, 11) is 0. The van der Waals surface area contributed by atoms with Crippen LogP contribution in [0.3, 0.4) is 0 Å². The van der Waals surface area contributed by atoms with Crippen molar-refractivity contribution < 1.29 is 4.42 Å². The molecule has 2 aromatic rings. The summed E-state index contributed by atoms with van der Waals surface area (Å²) in [6, 6.07) is 8.45. The maximum Gasteiger partial charge on any atom is 0.191 e. The molecule has 0 bridgehead atoms. The zero-order valence-corrected chi connectivity index (χ0v) is 16.9. The third-order valence-electron chi connectivity index (χ3n) is 4.28. The highest BCUT2D eigenvalue weighted by Gasteiger charge is 2.25. The normalized spacial score (nSPS) is 17.0. The van der Waals surface area contributed by atoms with Gasteiger partial charge in [0.1, 0.15) is 5.76 Å². The highest BCUT2D eigenvalue weighted by Crippen LogP contribution is 2.25. The van der Waals surface area contributed by atoms with Crippen LogP contribution in [0.4, 0.5) is 0 Å². The van der Waals surface area contributed by atoms with Gasteiger partial charge in [-0.05, 0) is 73.1 Å². The molecule has 1 atom stereocenters. The van der Waals surface area contributed by atoms with Gasteiger partial charge in [0.15, 0.2) is 5.96 Å². The summed E-state index contributed by atoms with van der Waals surface area (Å²) in [6.07, 6.45) is 4.28. The molecule has 0 radical (unpaired) electrons. The molecule has 0 aliphatic carbocycles. The third kappa shape index (κ3) is 5.33. The van der Waals surface area contributed by atoms with Crippen molar-refractivity contribution >= 4 is 33.2 Å². The van der Waals surface area contributed by atoms with Crippen molar-refractivity contribution in [1.29, 1.82) is 0 Å². The summed E-state index contributed by atoms with van der Waals surface area (Å²) < 4.78 is 6.83. The lowest BCUT2D eigenvalue weighted by Gasteiger charge is -2.26. The molecule has 3 heterocycles. The van der Waals surface area contributed by atoms with E-state index in [4.69, 9.17) is 9.41 Å². The molecule has 1 aliphatic rings. The Morgan fingerprint density at radius 1 is 1.32 bits per heavy atom. The molecular weight excluding hydrogens is 400 g/mol. The molecule has 0 spiro atoms. The quantitative estimate of drug-likeness (QED) is 0.520. The Kier molecular flexibility index (Phi) is 6.95. The van der Waals surface area contributed by atoms with Crippen LogP contribution >= 0.6 is 27.3 Å². The molecule has 0 aromatic carbocycles. The summed E-state index contributed by atoms with van der Waals surface area (Å²) >= 11 is 5.22. The molecular formula is C18H25BrN4OS. The minimum absolute atomic E-state index is 0.247. The van der Waals surface area contributed by atoms with Gasteiger partial charge in [-0.1, -0.05) is 0 Å². The molecule has 2 N–H and O–H groups in total. The molecule has 0 saturated carbocycles. The van der Waals surface area contributed by atoms with Gasteiger partial charge >= 0.3 is 0 Å². The molecule has 3 rings (SSSR count). The van der Waals surface area contributed by atoms with Gasteiger partial charge in [-0.3, -0.25) is 4.90 Å². The Hall–Kier alpha value is -1.31. The van der Waals surface area contributed by atoms with Crippen LogP contribution in [0.15, 0.2) is 43.7 Å². The molecule has 136 valence electrons. The Labute approximate surface area is 161 Å². The zero-order chi connectivity index (χ0) is 17.5. The van der Waals surface area contributed by atoms with Crippen molar-refractivity contribution in [3.05, 3.63) is 45.0 Å². The number of hydrogen-bond donors (Lipinski definition) is 2. The van der Waals surface area contributed by atoms with E-state index in [0.29, 0.717) is 6.54 Å². The van der Waals surface area contributed by atoms with Crippen LogP contribution in [0.2, 0.25) is 0 Å². The summed E-state index contributed by atoms with van der Waals surface area (Å²) in [5, 5.41) is 6.83. The van der Waals surface area contributed by atoms with E-state index in [9.17, 15) is 0 Å². The van der Waals surface area contributed by atoms with Gasteiger partial charge in [-0.2, -0.15) is 0 Å². The molecule has 2 aromatic heterocycles. The van der Waals surface area contributed by atoms with Crippen molar-refractivity contribution in [2.24, 2.45) is 4.99 Å². The van der Waals surface area contributed by atoms with Crippen LogP contribution in [-0.2, 0) is 6.54 Å². The summed E-state index contributed by atoms with van der Waals surface area (Å²) in [4.78, 5) is 8.45. The maximum absolute atomic E-state index is 5.69. The van der Waals surface area contributed by atoms with E-state index in [2.05, 4.69) is 56.6 Å². The van der Waals surface area contributed by atoms with Crippen molar-refractivity contribution in [3.63, 3.8) is 0 Å². The van der Waals surface area contributed by atoms with E-state index in [0.717, 1.165) is 41.7 Å². The lowest BCUT2D eigenvalue weighted by Crippen LogP contribution is -2.42. The van der Waals surface area contributed by atoms with E-state index in [-0.39, 0.29) is 6.04 Å². The monoisotopic (exact) mass is 424 g/mol. The fraction of sp³-hybridized carbons (Fsp3) is 0.500. The first kappa shape index (κ1) is 18.5. The van der Waals surface area contributed by atoms with Crippen LogP contribution in [0.25, 0.3) is 0 Å². The first-order valence-corrected chi connectivity index (χ1v) is 10.4. The van der Waals surface area contributed by atoms with Gasteiger partial charge < -0.3 is 15.1 Å². The average Bonchev–Trinajstić information content (AvgIpc) is 3.36. The predicted octanol–water partition coefficient (Wildman–Crippen LogP) is 4.00. The third-order valence-corrected chi connectivity index (χ3v) is 5.89. The van der Waals surface area contributed by atoms with Crippen molar-refractivity contribution in [2.75, 3.05) is 26.2 Å². The summed E-state index contributed by atoms with van der Waals surface area (Å²) in [5.41, 5.74) is 0. The fourth-order valence-electron chi connectivity index (χ4n) is 3.07. The molecule has 0 amide bonds. The molecule has 1 fully saturated rings.